The maximum absolute atomic E-state index is 12.2. The van der Waals surface area contributed by atoms with Crippen molar-refractivity contribution in [1.82, 2.24) is 14.5 Å². The molecule has 0 fully saturated rings. The number of aliphatic hydroxyl groups excluding tert-OH is 1. The number of rotatable bonds is 6. The molecular weight excluding hydrogens is 318 g/mol. The average Bonchev–Trinajstić information content (AvgIpc) is 2.98. The SMILES string of the molecule is CN(Cc1nc2ccccc2n1CCO)C(=O)OCc1ccccc1. The zero-order valence-electron chi connectivity index (χ0n) is 14.1. The second-order valence-corrected chi connectivity index (χ2v) is 5.79. The van der Waals surface area contributed by atoms with Crippen molar-refractivity contribution in [3.63, 3.8) is 0 Å². The predicted molar refractivity (Wildman–Crippen MR) is 94.9 cm³/mol. The van der Waals surface area contributed by atoms with Crippen LogP contribution >= 0.6 is 0 Å². The highest BCUT2D eigenvalue weighted by Gasteiger charge is 2.16. The predicted octanol–water partition coefficient (Wildman–Crippen LogP) is 2.80. The van der Waals surface area contributed by atoms with Crippen molar-refractivity contribution in [1.29, 1.82) is 0 Å². The highest BCUT2D eigenvalue weighted by atomic mass is 16.6. The van der Waals surface area contributed by atoms with E-state index in [2.05, 4.69) is 4.98 Å². The van der Waals surface area contributed by atoms with Gasteiger partial charge in [-0.15, -0.1) is 0 Å². The third-order valence-electron chi connectivity index (χ3n) is 3.95. The Kier molecular flexibility index (Phi) is 5.30. The molecule has 6 heteroatoms. The third-order valence-corrected chi connectivity index (χ3v) is 3.95. The van der Waals surface area contributed by atoms with E-state index in [0.29, 0.717) is 13.1 Å². The summed E-state index contributed by atoms with van der Waals surface area (Å²) in [5.41, 5.74) is 2.73. The number of imidazole rings is 1. The lowest BCUT2D eigenvalue weighted by molar-refractivity contribution is 0.101. The van der Waals surface area contributed by atoms with Crippen LogP contribution in [0, 0.1) is 0 Å². The molecule has 0 saturated carbocycles. The molecule has 1 aromatic heterocycles. The Labute approximate surface area is 146 Å². The first kappa shape index (κ1) is 17.0. The summed E-state index contributed by atoms with van der Waals surface area (Å²) in [5, 5.41) is 9.32. The summed E-state index contributed by atoms with van der Waals surface area (Å²) >= 11 is 0. The summed E-state index contributed by atoms with van der Waals surface area (Å²) in [4.78, 5) is 18.3. The van der Waals surface area contributed by atoms with Gasteiger partial charge in [0.1, 0.15) is 12.4 Å². The Morgan fingerprint density at radius 1 is 1.16 bits per heavy atom. The van der Waals surface area contributed by atoms with Crippen molar-refractivity contribution in [2.24, 2.45) is 0 Å². The lowest BCUT2D eigenvalue weighted by Crippen LogP contribution is -2.28. The van der Waals surface area contributed by atoms with Crippen LogP contribution in [0.2, 0.25) is 0 Å². The van der Waals surface area contributed by atoms with Gasteiger partial charge in [-0.1, -0.05) is 42.5 Å². The van der Waals surface area contributed by atoms with Gasteiger partial charge in [-0.2, -0.15) is 0 Å². The highest BCUT2D eigenvalue weighted by molar-refractivity contribution is 5.76. The van der Waals surface area contributed by atoms with Crippen LogP contribution in [0.4, 0.5) is 4.79 Å². The number of aliphatic hydroxyl groups is 1. The molecule has 0 radical (unpaired) electrons. The number of amides is 1. The minimum absolute atomic E-state index is 0.00945. The van der Waals surface area contributed by atoms with Crippen LogP contribution in [0.3, 0.4) is 0 Å². The van der Waals surface area contributed by atoms with Gasteiger partial charge in [-0.25, -0.2) is 9.78 Å². The molecule has 3 rings (SSSR count). The number of aromatic nitrogens is 2. The van der Waals surface area contributed by atoms with Crippen LogP contribution < -0.4 is 0 Å². The van der Waals surface area contributed by atoms with Crippen molar-refractivity contribution in [3.8, 4) is 0 Å². The molecule has 3 aromatic rings. The van der Waals surface area contributed by atoms with E-state index in [4.69, 9.17) is 4.74 Å². The number of hydrogen-bond acceptors (Lipinski definition) is 4. The molecule has 0 unspecified atom stereocenters. The second kappa shape index (κ2) is 7.81. The second-order valence-electron chi connectivity index (χ2n) is 5.79. The first-order valence-electron chi connectivity index (χ1n) is 8.16. The molecule has 1 amide bonds. The van der Waals surface area contributed by atoms with Crippen LogP contribution in [-0.4, -0.2) is 39.3 Å². The van der Waals surface area contributed by atoms with Gasteiger partial charge >= 0.3 is 6.09 Å². The molecular formula is C19H21N3O3. The van der Waals surface area contributed by atoms with Crippen molar-refractivity contribution in [2.75, 3.05) is 13.7 Å². The molecule has 0 aliphatic carbocycles. The molecule has 25 heavy (non-hydrogen) atoms. The van der Waals surface area contributed by atoms with Crippen LogP contribution in [0.25, 0.3) is 11.0 Å². The number of hydrogen-bond donors (Lipinski definition) is 1. The fraction of sp³-hybridized carbons (Fsp3) is 0.263. The van der Waals surface area contributed by atoms with Crippen LogP contribution in [0.5, 0.6) is 0 Å². The fourth-order valence-corrected chi connectivity index (χ4v) is 2.70. The maximum atomic E-state index is 12.2. The van der Waals surface area contributed by atoms with Gasteiger partial charge in [0.25, 0.3) is 0 Å². The van der Waals surface area contributed by atoms with Crippen molar-refractivity contribution in [2.45, 2.75) is 19.7 Å². The monoisotopic (exact) mass is 339 g/mol. The molecule has 1 N–H and O–H groups in total. The van der Waals surface area contributed by atoms with Gasteiger partial charge in [0.05, 0.1) is 24.2 Å². The van der Waals surface area contributed by atoms with Gasteiger partial charge < -0.3 is 19.3 Å². The number of fused-ring (bicyclic) bond motifs is 1. The molecule has 0 spiro atoms. The molecule has 1 heterocycles. The van der Waals surface area contributed by atoms with Crippen molar-refractivity contribution in [3.05, 3.63) is 66.0 Å². The molecule has 0 bridgehead atoms. The Morgan fingerprint density at radius 2 is 1.88 bits per heavy atom. The molecule has 0 saturated heterocycles. The number of benzene rings is 2. The van der Waals surface area contributed by atoms with E-state index in [9.17, 15) is 9.90 Å². The average molecular weight is 339 g/mol. The van der Waals surface area contributed by atoms with Gasteiger partial charge in [0.15, 0.2) is 0 Å². The first-order chi connectivity index (χ1) is 12.2. The number of ether oxygens (including phenoxy) is 1. The van der Waals surface area contributed by atoms with E-state index < -0.39 is 6.09 Å². The van der Waals surface area contributed by atoms with Crippen molar-refractivity contribution < 1.29 is 14.6 Å². The van der Waals surface area contributed by atoms with Crippen LogP contribution in [-0.2, 0) is 24.4 Å². The minimum atomic E-state index is -0.411. The van der Waals surface area contributed by atoms with Gasteiger partial charge in [-0.3, -0.25) is 0 Å². The van der Waals surface area contributed by atoms with Gasteiger partial charge in [-0.05, 0) is 17.7 Å². The van der Waals surface area contributed by atoms with E-state index in [1.54, 1.807) is 7.05 Å². The van der Waals surface area contributed by atoms with E-state index in [0.717, 1.165) is 22.4 Å². The van der Waals surface area contributed by atoms with Crippen LogP contribution in [0.1, 0.15) is 11.4 Å². The Hall–Kier alpha value is -2.86. The molecule has 0 atom stereocenters. The molecule has 130 valence electrons. The minimum Gasteiger partial charge on any atom is -0.445 e. The first-order valence-corrected chi connectivity index (χ1v) is 8.16. The smallest absolute Gasteiger partial charge is 0.410 e. The lowest BCUT2D eigenvalue weighted by Gasteiger charge is -2.17. The summed E-state index contributed by atoms with van der Waals surface area (Å²) < 4.78 is 7.26. The molecule has 2 aromatic carbocycles. The lowest BCUT2D eigenvalue weighted by atomic mass is 10.2. The van der Waals surface area contributed by atoms with Crippen molar-refractivity contribution >= 4 is 17.1 Å². The standard InChI is InChI=1S/C19H21N3O3/c1-21(19(24)25-14-15-7-3-2-4-8-15)13-18-20-16-9-5-6-10-17(16)22(18)11-12-23/h2-10,23H,11-14H2,1H3. The number of nitrogens with zero attached hydrogens (tertiary/aromatic N) is 3. The fourth-order valence-electron chi connectivity index (χ4n) is 2.70. The zero-order valence-corrected chi connectivity index (χ0v) is 14.1. The molecule has 6 nitrogen and oxygen atoms in total. The van der Waals surface area contributed by atoms with Gasteiger partial charge in [0.2, 0.25) is 0 Å². The number of para-hydroxylation sites is 2. The van der Waals surface area contributed by atoms with Crippen LogP contribution in [0.15, 0.2) is 54.6 Å². The Balaban J connectivity index is 1.69. The molecule has 0 aliphatic rings. The summed E-state index contributed by atoms with van der Waals surface area (Å²) in [7, 11) is 1.68. The third kappa shape index (κ3) is 3.97. The van der Waals surface area contributed by atoms with E-state index in [1.165, 1.54) is 4.90 Å². The van der Waals surface area contributed by atoms with E-state index >= 15 is 0 Å². The van der Waals surface area contributed by atoms with E-state index in [-0.39, 0.29) is 13.2 Å². The summed E-state index contributed by atoms with van der Waals surface area (Å²) in [6, 6.07) is 17.3. The Morgan fingerprint density at radius 3 is 2.64 bits per heavy atom. The number of carbonyl (C=O) groups excluding carboxylic acids is 1. The molecule has 0 aliphatic heterocycles. The van der Waals surface area contributed by atoms with Gasteiger partial charge in [0, 0.05) is 13.6 Å². The Bertz CT molecular complexity index is 846. The maximum Gasteiger partial charge on any atom is 0.410 e. The summed E-state index contributed by atoms with van der Waals surface area (Å²) in [6.45, 7) is 0.984. The topological polar surface area (TPSA) is 67.6 Å². The largest absolute Gasteiger partial charge is 0.445 e. The zero-order chi connectivity index (χ0) is 17.6. The van der Waals surface area contributed by atoms with E-state index in [1.807, 2.05) is 59.2 Å². The number of carbonyl (C=O) groups is 1. The highest BCUT2D eigenvalue weighted by Crippen LogP contribution is 2.17. The summed E-state index contributed by atoms with van der Waals surface area (Å²) in [6.07, 6.45) is -0.411. The summed E-state index contributed by atoms with van der Waals surface area (Å²) in [5.74, 6) is 0.717. The quantitative estimate of drug-likeness (QED) is 0.750. The normalized spacial score (nSPS) is 10.8.